The Kier molecular flexibility index (Phi) is 4.13. The van der Waals surface area contributed by atoms with Gasteiger partial charge in [-0.05, 0) is 56.1 Å². The Hall–Kier alpha value is -1.37. The number of methoxy groups -OCH3 is 1. The Labute approximate surface area is 144 Å². The lowest BCUT2D eigenvalue weighted by Gasteiger charge is -2.44. The van der Waals surface area contributed by atoms with E-state index in [-0.39, 0.29) is 5.91 Å². The average molecular weight is 348 g/mol. The van der Waals surface area contributed by atoms with E-state index in [0.717, 1.165) is 26.2 Å². The van der Waals surface area contributed by atoms with Gasteiger partial charge < -0.3 is 15.0 Å². The Bertz CT molecular complexity index is 701. The van der Waals surface area contributed by atoms with Gasteiger partial charge >= 0.3 is 0 Å². The molecule has 6 heteroatoms. The van der Waals surface area contributed by atoms with Crippen molar-refractivity contribution in [3.63, 3.8) is 0 Å². The third-order valence-electron chi connectivity index (χ3n) is 4.83. The number of rotatable bonds is 4. The van der Waals surface area contributed by atoms with E-state index >= 15 is 0 Å². The van der Waals surface area contributed by atoms with Gasteiger partial charge in [0.25, 0.3) is 5.91 Å². The van der Waals surface area contributed by atoms with Gasteiger partial charge in [-0.3, -0.25) is 4.79 Å². The Balaban J connectivity index is 1.45. The number of nitrogens with one attached hydrogen (secondary N) is 1. The minimum atomic E-state index is 0.0727. The maximum absolute atomic E-state index is 12.6. The lowest BCUT2D eigenvalue weighted by atomic mass is 9.84. The summed E-state index contributed by atoms with van der Waals surface area (Å²) in [6, 6.07) is 8.29. The highest BCUT2D eigenvalue weighted by Crippen LogP contribution is 2.37. The van der Waals surface area contributed by atoms with Crippen LogP contribution in [0.15, 0.2) is 24.3 Å². The van der Waals surface area contributed by atoms with Crippen LogP contribution in [-0.2, 0) is 0 Å². The third-order valence-corrected chi connectivity index (χ3v) is 7.15. The number of carbonyl (C=O) groups excluding carboxylic acids is 1. The second kappa shape index (κ2) is 6.26. The van der Waals surface area contributed by atoms with Gasteiger partial charge in [-0.1, -0.05) is 11.3 Å². The predicted molar refractivity (Wildman–Crippen MR) is 94.6 cm³/mol. The summed E-state index contributed by atoms with van der Waals surface area (Å²) >= 11 is 3.16. The molecule has 23 heavy (non-hydrogen) atoms. The van der Waals surface area contributed by atoms with Gasteiger partial charge in [0.2, 0.25) is 0 Å². The molecule has 0 aliphatic carbocycles. The second-order valence-corrected chi connectivity index (χ2v) is 8.33. The van der Waals surface area contributed by atoms with Crippen molar-refractivity contribution < 1.29 is 9.53 Å². The molecule has 0 radical (unpaired) electrons. The monoisotopic (exact) mass is 348 g/mol. The summed E-state index contributed by atoms with van der Waals surface area (Å²) < 4.78 is 5.24. The van der Waals surface area contributed by atoms with Gasteiger partial charge in [0.15, 0.2) is 5.06 Å². The maximum Gasteiger partial charge on any atom is 0.261 e. The number of nitrogens with zero attached hydrogens (tertiary/aromatic N) is 1. The molecule has 0 unspecified atom stereocenters. The van der Waals surface area contributed by atoms with Crippen LogP contribution in [-0.4, -0.2) is 43.6 Å². The fourth-order valence-corrected chi connectivity index (χ4v) is 5.34. The Morgan fingerprint density at radius 2 is 1.91 bits per heavy atom. The Morgan fingerprint density at radius 1 is 1.17 bits per heavy atom. The van der Waals surface area contributed by atoms with Crippen molar-refractivity contribution in [2.24, 2.45) is 5.92 Å². The fourth-order valence-electron chi connectivity index (χ4n) is 3.52. The molecule has 2 aromatic rings. The molecule has 2 bridgehead atoms. The van der Waals surface area contributed by atoms with E-state index < -0.39 is 0 Å². The van der Waals surface area contributed by atoms with Crippen LogP contribution in [0.25, 0.3) is 9.75 Å². The summed E-state index contributed by atoms with van der Waals surface area (Å²) in [5, 5.41) is 4.15. The molecule has 0 aromatic carbocycles. The largest absolute Gasteiger partial charge is 0.487 e. The molecular formula is C17H20N2O2S2. The molecule has 122 valence electrons. The zero-order chi connectivity index (χ0) is 15.8. The first-order valence-electron chi connectivity index (χ1n) is 8.00. The van der Waals surface area contributed by atoms with Gasteiger partial charge in [0.05, 0.1) is 12.0 Å². The topological polar surface area (TPSA) is 41.6 Å². The van der Waals surface area contributed by atoms with Crippen LogP contribution in [0.3, 0.4) is 0 Å². The van der Waals surface area contributed by atoms with Gasteiger partial charge in [0.1, 0.15) is 0 Å². The van der Waals surface area contributed by atoms with Crippen LogP contribution in [0.5, 0.6) is 5.06 Å². The molecule has 3 fully saturated rings. The summed E-state index contributed by atoms with van der Waals surface area (Å²) in [6.07, 6.45) is 2.44. The number of hydrogen-bond acceptors (Lipinski definition) is 5. The van der Waals surface area contributed by atoms with E-state index in [4.69, 9.17) is 4.74 Å². The SMILES string of the molecule is COc1ccc(-c2ccc(C(=O)N[C@H]3CN4CCC3CC4)s2)s1. The molecule has 0 spiro atoms. The quantitative estimate of drug-likeness (QED) is 0.922. The first kappa shape index (κ1) is 15.2. The number of hydrogen-bond donors (Lipinski definition) is 1. The highest BCUT2D eigenvalue weighted by atomic mass is 32.1. The van der Waals surface area contributed by atoms with Crippen molar-refractivity contribution >= 4 is 28.6 Å². The van der Waals surface area contributed by atoms with E-state index in [1.165, 1.54) is 25.9 Å². The molecule has 0 saturated carbocycles. The highest BCUT2D eigenvalue weighted by molar-refractivity contribution is 7.23. The van der Waals surface area contributed by atoms with Crippen molar-refractivity contribution in [1.82, 2.24) is 10.2 Å². The molecule has 4 nitrogen and oxygen atoms in total. The number of piperidine rings is 3. The van der Waals surface area contributed by atoms with Crippen molar-refractivity contribution in [2.45, 2.75) is 18.9 Å². The van der Waals surface area contributed by atoms with Gasteiger partial charge in [0, 0.05) is 22.3 Å². The average Bonchev–Trinajstić information content (AvgIpc) is 3.25. The van der Waals surface area contributed by atoms with E-state index in [2.05, 4.69) is 10.2 Å². The van der Waals surface area contributed by atoms with E-state index in [1.54, 1.807) is 29.8 Å². The van der Waals surface area contributed by atoms with E-state index in [1.807, 2.05) is 24.3 Å². The highest BCUT2D eigenvalue weighted by Gasteiger charge is 2.35. The van der Waals surface area contributed by atoms with Crippen LogP contribution < -0.4 is 10.1 Å². The molecule has 5 rings (SSSR count). The zero-order valence-electron chi connectivity index (χ0n) is 13.1. The molecule has 1 amide bonds. The molecular weight excluding hydrogens is 328 g/mol. The number of ether oxygens (including phenoxy) is 1. The smallest absolute Gasteiger partial charge is 0.261 e. The van der Waals surface area contributed by atoms with Crippen molar-refractivity contribution in [2.75, 3.05) is 26.7 Å². The summed E-state index contributed by atoms with van der Waals surface area (Å²) in [7, 11) is 1.68. The number of thiophene rings is 2. The van der Waals surface area contributed by atoms with Gasteiger partial charge in [-0.2, -0.15) is 0 Å². The minimum Gasteiger partial charge on any atom is -0.487 e. The van der Waals surface area contributed by atoms with Crippen LogP contribution in [0.4, 0.5) is 0 Å². The standard InChI is InChI=1S/C17H20N2O2S2/c1-21-16-5-4-14(23-16)13-2-3-15(22-13)17(20)18-12-10-19-8-6-11(12)7-9-19/h2-5,11-12H,6-10H2,1H3,(H,18,20)/t12-/m0/s1. The van der Waals surface area contributed by atoms with Crippen molar-refractivity contribution in [1.29, 1.82) is 0 Å². The third kappa shape index (κ3) is 3.03. The maximum atomic E-state index is 12.6. The van der Waals surface area contributed by atoms with Crippen LogP contribution in [0.2, 0.25) is 0 Å². The molecule has 3 aliphatic rings. The van der Waals surface area contributed by atoms with Crippen molar-refractivity contribution in [3.8, 4) is 14.8 Å². The summed E-state index contributed by atoms with van der Waals surface area (Å²) in [5.74, 6) is 0.730. The molecule has 1 atom stereocenters. The first-order chi connectivity index (χ1) is 11.2. The van der Waals surface area contributed by atoms with Crippen molar-refractivity contribution in [3.05, 3.63) is 29.1 Å². The normalized spacial score (nSPS) is 26.2. The lowest BCUT2D eigenvalue weighted by molar-refractivity contribution is 0.0622. The zero-order valence-corrected chi connectivity index (χ0v) is 14.7. The molecule has 1 N–H and O–H groups in total. The van der Waals surface area contributed by atoms with Crippen LogP contribution in [0.1, 0.15) is 22.5 Å². The summed E-state index contributed by atoms with van der Waals surface area (Å²) in [4.78, 5) is 18.1. The second-order valence-electron chi connectivity index (χ2n) is 6.20. The molecule has 3 saturated heterocycles. The summed E-state index contributed by atoms with van der Waals surface area (Å²) in [5.41, 5.74) is 0. The minimum absolute atomic E-state index is 0.0727. The predicted octanol–water partition coefficient (Wildman–Crippen LogP) is 3.31. The number of carbonyl (C=O) groups is 1. The first-order valence-corrected chi connectivity index (χ1v) is 9.63. The summed E-state index contributed by atoms with van der Waals surface area (Å²) in [6.45, 7) is 3.40. The number of fused-ring (bicyclic) bond motifs is 3. The molecule has 3 aliphatic heterocycles. The molecule has 2 aromatic heterocycles. The Morgan fingerprint density at radius 3 is 2.57 bits per heavy atom. The lowest BCUT2D eigenvalue weighted by Crippen LogP contribution is -2.57. The van der Waals surface area contributed by atoms with E-state index in [9.17, 15) is 4.79 Å². The van der Waals surface area contributed by atoms with Crippen LogP contribution in [0, 0.1) is 5.92 Å². The van der Waals surface area contributed by atoms with Gasteiger partial charge in [-0.15, -0.1) is 11.3 Å². The molecule has 5 heterocycles. The van der Waals surface area contributed by atoms with Gasteiger partial charge in [-0.25, -0.2) is 0 Å². The van der Waals surface area contributed by atoms with Crippen LogP contribution >= 0.6 is 22.7 Å². The number of amides is 1. The van der Waals surface area contributed by atoms with E-state index in [0.29, 0.717) is 12.0 Å². The fraction of sp³-hybridized carbons (Fsp3) is 0.471.